The Bertz CT molecular complexity index is 776. The summed E-state index contributed by atoms with van der Waals surface area (Å²) >= 11 is 6.07. The van der Waals surface area contributed by atoms with Crippen LogP contribution in [0.3, 0.4) is 0 Å². The van der Waals surface area contributed by atoms with Crippen molar-refractivity contribution < 1.29 is 19.4 Å². The molecule has 4 nitrogen and oxygen atoms in total. The molecule has 0 aliphatic rings. The third-order valence-electron chi connectivity index (χ3n) is 3.36. The molecule has 23 heavy (non-hydrogen) atoms. The first-order valence-corrected chi connectivity index (χ1v) is 7.20. The third-order valence-corrected chi connectivity index (χ3v) is 3.76. The van der Waals surface area contributed by atoms with Gasteiger partial charge in [-0.3, -0.25) is 0 Å². The molecule has 0 heterocycles. The third kappa shape index (κ3) is 3.99. The van der Waals surface area contributed by atoms with Gasteiger partial charge in [0.15, 0.2) is 0 Å². The Morgan fingerprint density at radius 1 is 1.09 bits per heavy atom. The predicted octanol–water partition coefficient (Wildman–Crippen LogP) is 4.06. The molecule has 0 amide bonds. The molecule has 0 aliphatic heterocycles. The van der Waals surface area contributed by atoms with Gasteiger partial charge in [0.1, 0.15) is 0 Å². The predicted molar refractivity (Wildman–Crippen MR) is 89.5 cm³/mol. The average Bonchev–Trinajstić information content (AvgIpc) is 2.55. The number of ether oxygens (including phenoxy) is 1. The number of hydrogen-bond donors (Lipinski definition) is 1. The van der Waals surface area contributed by atoms with E-state index in [2.05, 4.69) is 4.74 Å². The van der Waals surface area contributed by atoms with Gasteiger partial charge in [0.05, 0.1) is 18.2 Å². The van der Waals surface area contributed by atoms with E-state index in [9.17, 15) is 14.7 Å². The van der Waals surface area contributed by atoms with Gasteiger partial charge >= 0.3 is 11.9 Å². The summed E-state index contributed by atoms with van der Waals surface area (Å²) < 4.78 is 4.63. The zero-order valence-corrected chi connectivity index (χ0v) is 13.4. The molecule has 2 aromatic carbocycles. The molecule has 0 atom stereocenters. The van der Waals surface area contributed by atoms with Crippen molar-refractivity contribution in [3.05, 3.63) is 69.7 Å². The Morgan fingerprint density at radius 3 is 2.22 bits per heavy atom. The molecule has 5 heteroatoms. The lowest BCUT2D eigenvalue weighted by Crippen LogP contribution is -2.01. The van der Waals surface area contributed by atoms with Crippen molar-refractivity contribution in [3.8, 4) is 0 Å². The van der Waals surface area contributed by atoms with Crippen molar-refractivity contribution in [2.24, 2.45) is 0 Å². The summed E-state index contributed by atoms with van der Waals surface area (Å²) in [5.41, 5.74) is 2.58. The maximum Gasteiger partial charge on any atom is 0.337 e. The zero-order valence-electron chi connectivity index (χ0n) is 12.7. The van der Waals surface area contributed by atoms with E-state index >= 15 is 0 Å². The lowest BCUT2D eigenvalue weighted by molar-refractivity contribution is -0.130. The second kappa shape index (κ2) is 7.11. The molecule has 0 bridgehead atoms. The number of carbonyl (C=O) groups is 2. The lowest BCUT2D eigenvalue weighted by Gasteiger charge is -2.06. The number of methoxy groups -OCH3 is 1. The molecule has 1 N–H and O–H groups in total. The number of aliphatic carboxylic acids is 1. The molecule has 2 rings (SSSR count). The molecule has 2 aromatic rings. The van der Waals surface area contributed by atoms with E-state index in [1.54, 1.807) is 42.5 Å². The summed E-state index contributed by atoms with van der Waals surface area (Å²) in [6.45, 7) is 1.85. The summed E-state index contributed by atoms with van der Waals surface area (Å²) in [6, 6.07) is 11.6. The number of hydrogen-bond acceptors (Lipinski definition) is 3. The molecule has 118 valence electrons. The van der Waals surface area contributed by atoms with Gasteiger partial charge in [0.2, 0.25) is 0 Å². The SMILES string of the molecule is COC(=O)c1ccc(/C=C(\C(=O)O)c2ccc(C)c(Cl)c2)cc1. The minimum absolute atomic E-state index is 0.123. The van der Waals surface area contributed by atoms with Gasteiger partial charge in [0.25, 0.3) is 0 Å². The van der Waals surface area contributed by atoms with Crippen molar-refractivity contribution >= 4 is 35.2 Å². The van der Waals surface area contributed by atoms with E-state index in [0.29, 0.717) is 21.7 Å². The smallest absolute Gasteiger partial charge is 0.337 e. The number of benzene rings is 2. The van der Waals surface area contributed by atoms with Crippen molar-refractivity contribution in [2.75, 3.05) is 7.11 Å². The largest absolute Gasteiger partial charge is 0.478 e. The Balaban J connectivity index is 2.41. The lowest BCUT2D eigenvalue weighted by atomic mass is 10.0. The monoisotopic (exact) mass is 330 g/mol. The van der Waals surface area contributed by atoms with Crippen molar-refractivity contribution in [1.82, 2.24) is 0 Å². The van der Waals surface area contributed by atoms with Gasteiger partial charge in [-0.2, -0.15) is 0 Å². The number of carboxylic acid groups (broad SMARTS) is 1. The summed E-state index contributed by atoms with van der Waals surface area (Å²) in [5.74, 6) is -1.49. The number of halogens is 1. The number of carbonyl (C=O) groups excluding carboxylic acids is 1. The number of carboxylic acids is 1. The van der Waals surface area contributed by atoms with E-state index in [1.165, 1.54) is 13.2 Å². The molecular weight excluding hydrogens is 316 g/mol. The second-order valence-electron chi connectivity index (χ2n) is 4.94. The fourth-order valence-electron chi connectivity index (χ4n) is 2.03. The first-order valence-electron chi connectivity index (χ1n) is 6.82. The Hall–Kier alpha value is -2.59. The van der Waals surface area contributed by atoms with Crippen LogP contribution in [-0.4, -0.2) is 24.2 Å². The molecule has 0 unspecified atom stereocenters. The molecule has 0 aromatic heterocycles. The highest BCUT2D eigenvalue weighted by Crippen LogP contribution is 2.24. The molecule has 0 aliphatic carbocycles. The normalized spacial score (nSPS) is 11.2. The topological polar surface area (TPSA) is 63.6 Å². The highest BCUT2D eigenvalue weighted by Gasteiger charge is 2.12. The Labute approximate surface area is 139 Å². The first kappa shape index (κ1) is 16.8. The van der Waals surface area contributed by atoms with Crippen molar-refractivity contribution in [1.29, 1.82) is 0 Å². The van der Waals surface area contributed by atoms with Gasteiger partial charge in [0, 0.05) is 5.02 Å². The first-order chi connectivity index (χ1) is 10.9. The fraction of sp³-hybridized carbons (Fsp3) is 0.111. The molecular formula is C18H15ClO4. The van der Waals surface area contributed by atoms with E-state index < -0.39 is 11.9 Å². The number of rotatable bonds is 4. The van der Waals surface area contributed by atoms with Crippen LogP contribution in [0.2, 0.25) is 5.02 Å². The van der Waals surface area contributed by atoms with E-state index in [4.69, 9.17) is 11.6 Å². The standard InChI is InChI=1S/C18H15ClO4/c1-11-3-6-14(10-16(11)19)15(17(20)21)9-12-4-7-13(8-5-12)18(22)23-2/h3-10H,1-2H3,(H,20,21)/b15-9-. The van der Waals surface area contributed by atoms with Crippen LogP contribution >= 0.6 is 11.6 Å². The summed E-state index contributed by atoms with van der Waals surface area (Å²) in [4.78, 5) is 22.9. The van der Waals surface area contributed by atoms with Gasteiger partial charge in [-0.1, -0.05) is 35.9 Å². The van der Waals surface area contributed by atoms with E-state index in [1.807, 2.05) is 6.92 Å². The average molecular weight is 331 g/mol. The Kier molecular flexibility index (Phi) is 5.19. The highest BCUT2D eigenvalue weighted by molar-refractivity contribution is 6.32. The zero-order chi connectivity index (χ0) is 17.0. The molecule has 0 spiro atoms. The minimum Gasteiger partial charge on any atom is -0.478 e. The van der Waals surface area contributed by atoms with Crippen LogP contribution < -0.4 is 0 Å². The number of aryl methyl sites for hydroxylation is 1. The van der Waals surface area contributed by atoms with E-state index in [0.717, 1.165) is 5.56 Å². The van der Waals surface area contributed by atoms with Crippen LogP contribution in [0.25, 0.3) is 11.6 Å². The van der Waals surface area contributed by atoms with Gasteiger partial charge in [-0.15, -0.1) is 0 Å². The maximum absolute atomic E-state index is 11.5. The summed E-state index contributed by atoms with van der Waals surface area (Å²) in [5, 5.41) is 9.95. The van der Waals surface area contributed by atoms with E-state index in [-0.39, 0.29) is 5.57 Å². The quantitative estimate of drug-likeness (QED) is 0.521. The van der Waals surface area contributed by atoms with Crippen LogP contribution in [0.15, 0.2) is 42.5 Å². The highest BCUT2D eigenvalue weighted by atomic mass is 35.5. The van der Waals surface area contributed by atoms with Crippen molar-refractivity contribution in [2.45, 2.75) is 6.92 Å². The fourth-order valence-corrected chi connectivity index (χ4v) is 2.21. The van der Waals surface area contributed by atoms with Crippen LogP contribution in [0.4, 0.5) is 0 Å². The summed E-state index contributed by atoms with van der Waals surface area (Å²) in [7, 11) is 1.31. The summed E-state index contributed by atoms with van der Waals surface area (Å²) in [6.07, 6.45) is 1.53. The van der Waals surface area contributed by atoms with Gasteiger partial charge in [-0.05, 0) is 47.9 Å². The van der Waals surface area contributed by atoms with Crippen LogP contribution in [0.5, 0.6) is 0 Å². The maximum atomic E-state index is 11.5. The van der Waals surface area contributed by atoms with Gasteiger partial charge in [-0.25, -0.2) is 9.59 Å². The van der Waals surface area contributed by atoms with Crippen LogP contribution in [0.1, 0.15) is 27.0 Å². The Morgan fingerprint density at radius 2 is 1.70 bits per heavy atom. The minimum atomic E-state index is -1.05. The van der Waals surface area contributed by atoms with Gasteiger partial charge < -0.3 is 9.84 Å². The molecule has 0 fully saturated rings. The number of esters is 1. The molecule has 0 saturated heterocycles. The van der Waals surface area contributed by atoms with Crippen molar-refractivity contribution in [3.63, 3.8) is 0 Å². The second-order valence-corrected chi connectivity index (χ2v) is 5.35. The van der Waals surface area contributed by atoms with Crippen LogP contribution in [0, 0.1) is 6.92 Å². The molecule has 0 saturated carbocycles. The van der Waals surface area contributed by atoms with Crippen LogP contribution in [-0.2, 0) is 9.53 Å². The molecule has 0 radical (unpaired) electrons.